The summed E-state index contributed by atoms with van der Waals surface area (Å²) < 4.78 is 5.08. The number of ether oxygens (including phenoxy) is 1. The van der Waals surface area contributed by atoms with Gasteiger partial charge < -0.3 is 15.0 Å². The van der Waals surface area contributed by atoms with Gasteiger partial charge in [0.05, 0.1) is 12.7 Å². The molecule has 110 valence electrons. The predicted molar refractivity (Wildman–Crippen MR) is 85.5 cm³/mol. The van der Waals surface area contributed by atoms with Crippen molar-refractivity contribution in [2.24, 2.45) is 0 Å². The number of aromatic nitrogens is 1. The Hall–Kier alpha value is -3.08. The van der Waals surface area contributed by atoms with Crippen molar-refractivity contribution in [3.05, 3.63) is 70.6 Å². The number of rotatable bonds is 3. The number of pyridine rings is 1. The fourth-order valence-electron chi connectivity index (χ4n) is 2.27. The molecule has 0 aliphatic heterocycles. The standard InChI is InChI=1S/C17H14N2O3/c1-22-12-8-6-11(7-9-12)19-17(21)15-10-18-16(20)14-5-3-2-4-13(14)15/h2-10H,1H3,(H,18,20)(H,19,21). The molecule has 0 saturated carbocycles. The van der Waals surface area contributed by atoms with Gasteiger partial charge in [-0.05, 0) is 30.3 Å². The van der Waals surface area contributed by atoms with Crippen molar-refractivity contribution in [2.75, 3.05) is 12.4 Å². The van der Waals surface area contributed by atoms with E-state index in [-0.39, 0.29) is 11.5 Å². The highest BCUT2D eigenvalue weighted by Gasteiger charge is 2.12. The second-order valence-corrected chi connectivity index (χ2v) is 4.76. The maximum absolute atomic E-state index is 12.4. The molecular formula is C17H14N2O3. The summed E-state index contributed by atoms with van der Waals surface area (Å²) in [4.78, 5) is 26.8. The molecule has 1 heterocycles. The summed E-state index contributed by atoms with van der Waals surface area (Å²) in [7, 11) is 1.58. The molecule has 0 spiro atoms. The van der Waals surface area contributed by atoms with Gasteiger partial charge in [-0.25, -0.2) is 0 Å². The number of amides is 1. The first-order chi connectivity index (χ1) is 10.7. The molecule has 0 aliphatic rings. The Morgan fingerprint density at radius 1 is 1.05 bits per heavy atom. The molecule has 0 saturated heterocycles. The van der Waals surface area contributed by atoms with Crippen molar-refractivity contribution in [3.63, 3.8) is 0 Å². The van der Waals surface area contributed by atoms with E-state index in [0.717, 1.165) is 0 Å². The average Bonchev–Trinajstić information content (AvgIpc) is 2.56. The molecule has 3 aromatic rings. The average molecular weight is 294 g/mol. The number of nitrogens with one attached hydrogen (secondary N) is 2. The minimum Gasteiger partial charge on any atom is -0.497 e. The Morgan fingerprint density at radius 2 is 1.73 bits per heavy atom. The number of H-pyrrole nitrogens is 1. The van der Waals surface area contributed by atoms with E-state index in [1.54, 1.807) is 55.6 Å². The first-order valence-corrected chi connectivity index (χ1v) is 6.75. The van der Waals surface area contributed by atoms with Crippen molar-refractivity contribution < 1.29 is 9.53 Å². The molecule has 22 heavy (non-hydrogen) atoms. The van der Waals surface area contributed by atoms with Crippen molar-refractivity contribution in [1.82, 2.24) is 4.98 Å². The lowest BCUT2D eigenvalue weighted by molar-refractivity contribution is 0.102. The first kappa shape index (κ1) is 13.9. The van der Waals surface area contributed by atoms with Crippen LogP contribution in [0.15, 0.2) is 59.5 Å². The molecule has 2 aromatic carbocycles. The zero-order chi connectivity index (χ0) is 15.5. The van der Waals surface area contributed by atoms with E-state index in [1.807, 2.05) is 0 Å². The van der Waals surface area contributed by atoms with Gasteiger partial charge >= 0.3 is 0 Å². The fraction of sp³-hybridized carbons (Fsp3) is 0.0588. The summed E-state index contributed by atoms with van der Waals surface area (Å²) in [5.74, 6) is 0.435. The molecule has 5 nitrogen and oxygen atoms in total. The quantitative estimate of drug-likeness (QED) is 0.780. The summed E-state index contributed by atoms with van der Waals surface area (Å²) in [5, 5.41) is 3.92. The highest BCUT2D eigenvalue weighted by Crippen LogP contribution is 2.18. The lowest BCUT2D eigenvalue weighted by Crippen LogP contribution is -2.16. The molecule has 2 N–H and O–H groups in total. The maximum Gasteiger partial charge on any atom is 0.257 e. The minimum atomic E-state index is -0.280. The molecule has 3 rings (SSSR count). The Morgan fingerprint density at radius 3 is 2.41 bits per heavy atom. The van der Waals surface area contributed by atoms with Gasteiger partial charge in [0.25, 0.3) is 11.5 Å². The van der Waals surface area contributed by atoms with Gasteiger partial charge in [-0.2, -0.15) is 0 Å². The van der Waals surface area contributed by atoms with E-state index in [9.17, 15) is 9.59 Å². The molecule has 1 amide bonds. The van der Waals surface area contributed by atoms with E-state index in [4.69, 9.17) is 4.74 Å². The van der Waals surface area contributed by atoms with Crippen LogP contribution >= 0.6 is 0 Å². The number of carbonyl (C=O) groups is 1. The summed E-state index contributed by atoms with van der Waals surface area (Å²) in [6, 6.07) is 14.1. The third kappa shape index (κ3) is 2.56. The smallest absolute Gasteiger partial charge is 0.257 e. The van der Waals surface area contributed by atoms with Crippen LogP contribution in [0.25, 0.3) is 10.8 Å². The van der Waals surface area contributed by atoms with E-state index >= 15 is 0 Å². The number of carbonyl (C=O) groups excluding carboxylic acids is 1. The molecule has 0 unspecified atom stereocenters. The minimum absolute atomic E-state index is 0.211. The zero-order valence-electron chi connectivity index (χ0n) is 11.9. The summed E-state index contributed by atoms with van der Waals surface area (Å²) in [6.07, 6.45) is 1.43. The Labute approximate surface area is 126 Å². The number of methoxy groups -OCH3 is 1. The van der Waals surface area contributed by atoms with Crippen molar-refractivity contribution in [3.8, 4) is 5.75 Å². The Kier molecular flexibility index (Phi) is 3.62. The van der Waals surface area contributed by atoms with E-state index in [0.29, 0.717) is 27.8 Å². The first-order valence-electron chi connectivity index (χ1n) is 6.75. The largest absolute Gasteiger partial charge is 0.497 e. The summed E-state index contributed by atoms with van der Waals surface area (Å²) >= 11 is 0. The van der Waals surface area contributed by atoms with Gasteiger partial charge in [-0.1, -0.05) is 18.2 Å². The fourth-order valence-corrected chi connectivity index (χ4v) is 2.27. The lowest BCUT2D eigenvalue weighted by atomic mass is 10.1. The lowest BCUT2D eigenvalue weighted by Gasteiger charge is -2.08. The second kappa shape index (κ2) is 5.73. The van der Waals surface area contributed by atoms with E-state index in [1.165, 1.54) is 6.20 Å². The van der Waals surface area contributed by atoms with Gasteiger partial charge in [0.2, 0.25) is 0 Å². The van der Waals surface area contributed by atoms with Crippen molar-refractivity contribution >= 4 is 22.4 Å². The van der Waals surface area contributed by atoms with Crippen molar-refractivity contribution in [2.45, 2.75) is 0 Å². The third-order valence-electron chi connectivity index (χ3n) is 3.40. The number of aromatic amines is 1. The molecule has 0 fully saturated rings. The molecule has 0 bridgehead atoms. The van der Waals surface area contributed by atoms with Crippen LogP contribution in [0.4, 0.5) is 5.69 Å². The summed E-state index contributed by atoms with van der Waals surface area (Å²) in [5.41, 5.74) is 0.865. The van der Waals surface area contributed by atoms with Crippen molar-refractivity contribution in [1.29, 1.82) is 0 Å². The van der Waals surface area contributed by atoms with Crippen LogP contribution in [0.5, 0.6) is 5.75 Å². The van der Waals surface area contributed by atoms with Gasteiger partial charge in [0, 0.05) is 22.7 Å². The monoisotopic (exact) mass is 294 g/mol. The van der Waals surface area contributed by atoms with Gasteiger partial charge in [-0.3, -0.25) is 9.59 Å². The second-order valence-electron chi connectivity index (χ2n) is 4.76. The maximum atomic E-state index is 12.4. The van der Waals surface area contributed by atoms with Crippen LogP contribution in [-0.4, -0.2) is 18.0 Å². The van der Waals surface area contributed by atoms with Gasteiger partial charge in [0.15, 0.2) is 0 Å². The molecule has 5 heteroatoms. The zero-order valence-corrected chi connectivity index (χ0v) is 11.9. The summed E-state index contributed by atoms with van der Waals surface area (Å²) in [6.45, 7) is 0. The number of fused-ring (bicyclic) bond motifs is 1. The number of hydrogen-bond donors (Lipinski definition) is 2. The normalized spacial score (nSPS) is 10.4. The van der Waals surface area contributed by atoms with Crippen LogP contribution in [0.1, 0.15) is 10.4 Å². The molecule has 1 aromatic heterocycles. The van der Waals surface area contributed by atoms with Crippen LogP contribution < -0.4 is 15.6 Å². The van der Waals surface area contributed by atoms with Gasteiger partial charge in [-0.15, -0.1) is 0 Å². The number of benzene rings is 2. The van der Waals surface area contributed by atoms with E-state index in [2.05, 4.69) is 10.3 Å². The third-order valence-corrected chi connectivity index (χ3v) is 3.40. The van der Waals surface area contributed by atoms with Crippen LogP contribution in [0.3, 0.4) is 0 Å². The highest BCUT2D eigenvalue weighted by atomic mass is 16.5. The molecular weight excluding hydrogens is 280 g/mol. The highest BCUT2D eigenvalue weighted by molar-refractivity contribution is 6.12. The number of hydrogen-bond acceptors (Lipinski definition) is 3. The Bertz CT molecular complexity index is 882. The number of anilines is 1. The molecule has 0 aliphatic carbocycles. The SMILES string of the molecule is COc1ccc(NC(=O)c2c[nH]c(=O)c3ccccc23)cc1. The van der Waals surface area contributed by atoms with Gasteiger partial charge in [0.1, 0.15) is 5.75 Å². The predicted octanol–water partition coefficient (Wildman–Crippen LogP) is 2.79. The van der Waals surface area contributed by atoms with Crippen LogP contribution in [-0.2, 0) is 0 Å². The van der Waals surface area contributed by atoms with E-state index < -0.39 is 0 Å². The molecule has 0 radical (unpaired) electrons. The topological polar surface area (TPSA) is 71.2 Å². The van der Waals surface area contributed by atoms with Crippen LogP contribution in [0, 0.1) is 0 Å². The van der Waals surface area contributed by atoms with Crippen LogP contribution in [0.2, 0.25) is 0 Å². The Balaban J connectivity index is 1.95. The molecule has 0 atom stereocenters.